The third kappa shape index (κ3) is 4.64. The minimum Gasteiger partial charge on any atom is -0.472 e. The summed E-state index contributed by atoms with van der Waals surface area (Å²) < 4.78 is 5.00. The normalized spacial score (nSPS) is 16.2. The molecular weight excluding hydrogens is 352 g/mol. The van der Waals surface area contributed by atoms with Crippen molar-refractivity contribution in [1.82, 2.24) is 10.2 Å². The van der Waals surface area contributed by atoms with Crippen LogP contribution in [0.2, 0.25) is 0 Å². The second kappa shape index (κ2) is 9.09. The Labute approximate surface area is 167 Å². The molecule has 2 aromatic rings. The summed E-state index contributed by atoms with van der Waals surface area (Å²) in [4.78, 5) is 27.1. The number of likely N-dealkylation sites (tertiary alicyclic amines) is 1. The SMILES string of the molecule is CCc1ccc(C(NC(=O)C2CCN(C(=O)c3ccoc3)CC2)C(C)C)cc1. The van der Waals surface area contributed by atoms with Crippen LogP contribution < -0.4 is 5.32 Å². The van der Waals surface area contributed by atoms with Crippen molar-refractivity contribution in [2.24, 2.45) is 11.8 Å². The van der Waals surface area contributed by atoms with Gasteiger partial charge in [0.15, 0.2) is 0 Å². The van der Waals surface area contributed by atoms with E-state index in [9.17, 15) is 9.59 Å². The molecule has 1 fully saturated rings. The molecule has 2 heterocycles. The molecule has 0 spiro atoms. The zero-order valence-electron chi connectivity index (χ0n) is 17.0. The Morgan fingerprint density at radius 2 is 1.82 bits per heavy atom. The third-order valence-electron chi connectivity index (χ3n) is 5.63. The van der Waals surface area contributed by atoms with Crippen LogP contribution in [-0.4, -0.2) is 29.8 Å². The fraction of sp³-hybridized carbons (Fsp3) is 0.478. The van der Waals surface area contributed by atoms with Crippen molar-refractivity contribution < 1.29 is 14.0 Å². The maximum absolute atomic E-state index is 12.9. The molecule has 3 rings (SSSR count). The van der Waals surface area contributed by atoms with Gasteiger partial charge in [0.1, 0.15) is 6.26 Å². The van der Waals surface area contributed by atoms with Crippen LogP contribution in [0.1, 0.15) is 61.1 Å². The first-order valence-electron chi connectivity index (χ1n) is 10.2. The monoisotopic (exact) mass is 382 g/mol. The molecule has 1 aromatic carbocycles. The van der Waals surface area contributed by atoms with Gasteiger partial charge in [-0.3, -0.25) is 9.59 Å². The molecule has 28 heavy (non-hydrogen) atoms. The topological polar surface area (TPSA) is 62.6 Å². The molecule has 2 amide bonds. The Morgan fingerprint density at radius 3 is 2.36 bits per heavy atom. The Bertz CT molecular complexity index is 773. The van der Waals surface area contributed by atoms with Crippen LogP contribution in [0.15, 0.2) is 47.3 Å². The second-order valence-corrected chi connectivity index (χ2v) is 7.90. The van der Waals surface area contributed by atoms with Gasteiger partial charge in [0.05, 0.1) is 17.9 Å². The standard InChI is InChI=1S/C23H30N2O3/c1-4-17-5-7-18(8-6-17)21(16(2)3)24-22(26)19-9-12-25(13-10-19)23(27)20-11-14-28-15-20/h5-8,11,14-16,19,21H,4,9-10,12-13H2,1-3H3,(H,24,26). The molecule has 1 unspecified atom stereocenters. The Balaban J connectivity index is 1.58. The molecule has 1 saturated heterocycles. The number of hydrogen-bond donors (Lipinski definition) is 1. The highest BCUT2D eigenvalue weighted by atomic mass is 16.3. The van der Waals surface area contributed by atoms with Gasteiger partial charge in [-0.05, 0) is 42.4 Å². The van der Waals surface area contributed by atoms with Crippen molar-refractivity contribution in [3.8, 4) is 0 Å². The number of piperidine rings is 1. The van der Waals surface area contributed by atoms with E-state index in [2.05, 4.69) is 50.4 Å². The van der Waals surface area contributed by atoms with Crippen molar-refractivity contribution in [2.45, 2.75) is 46.1 Å². The van der Waals surface area contributed by atoms with E-state index in [1.165, 1.54) is 18.1 Å². The molecule has 1 atom stereocenters. The molecule has 0 radical (unpaired) electrons. The Hall–Kier alpha value is -2.56. The van der Waals surface area contributed by atoms with Gasteiger partial charge >= 0.3 is 0 Å². The molecule has 5 nitrogen and oxygen atoms in total. The minimum atomic E-state index is -0.0513. The average molecular weight is 383 g/mol. The van der Waals surface area contributed by atoms with Crippen LogP contribution in [0.4, 0.5) is 0 Å². The van der Waals surface area contributed by atoms with E-state index in [1.54, 1.807) is 11.0 Å². The van der Waals surface area contributed by atoms with Gasteiger partial charge in [-0.1, -0.05) is 45.0 Å². The number of benzene rings is 1. The van der Waals surface area contributed by atoms with Crippen molar-refractivity contribution in [1.29, 1.82) is 0 Å². The second-order valence-electron chi connectivity index (χ2n) is 7.90. The summed E-state index contributed by atoms with van der Waals surface area (Å²) in [6.07, 6.45) is 5.36. The van der Waals surface area contributed by atoms with E-state index in [1.807, 2.05) is 0 Å². The zero-order chi connectivity index (χ0) is 20.1. The summed E-state index contributed by atoms with van der Waals surface area (Å²) >= 11 is 0. The van der Waals surface area contributed by atoms with Crippen molar-refractivity contribution in [3.05, 3.63) is 59.5 Å². The van der Waals surface area contributed by atoms with E-state index in [4.69, 9.17) is 4.42 Å². The number of amides is 2. The first-order chi connectivity index (χ1) is 13.5. The van der Waals surface area contributed by atoms with Gasteiger partial charge in [0.2, 0.25) is 5.91 Å². The highest BCUT2D eigenvalue weighted by Gasteiger charge is 2.30. The predicted octanol–water partition coefficient (Wildman–Crippen LogP) is 4.21. The minimum absolute atomic E-state index is 0.00370. The molecule has 0 bridgehead atoms. The fourth-order valence-corrected chi connectivity index (χ4v) is 3.78. The quantitative estimate of drug-likeness (QED) is 0.814. The number of nitrogens with one attached hydrogen (secondary N) is 1. The van der Waals surface area contributed by atoms with E-state index in [-0.39, 0.29) is 23.8 Å². The van der Waals surface area contributed by atoms with Crippen molar-refractivity contribution in [3.63, 3.8) is 0 Å². The van der Waals surface area contributed by atoms with Crippen molar-refractivity contribution >= 4 is 11.8 Å². The average Bonchev–Trinajstić information content (AvgIpc) is 3.26. The van der Waals surface area contributed by atoms with Gasteiger partial charge in [-0.25, -0.2) is 0 Å². The summed E-state index contributed by atoms with van der Waals surface area (Å²) in [7, 11) is 0. The van der Waals surface area contributed by atoms with Gasteiger partial charge in [-0.15, -0.1) is 0 Å². The number of rotatable bonds is 6. The summed E-state index contributed by atoms with van der Waals surface area (Å²) in [5.74, 6) is 0.320. The van der Waals surface area contributed by atoms with E-state index in [0.29, 0.717) is 37.4 Å². The summed E-state index contributed by atoms with van der Waals surface area (Å²) in [6, 6.07) is 10.2. The maximum Gasteiger partial charge on any atom is 0.257 e. The maximum atomic E-state index is 12.9. The van der Waals surface area contributed by atoms with Crippen LogP contribution >= 0.6 is 0 Å². The van der Waals surface area contributed by atoms with Gasteiger partial charge in [0.25, 0.3) is 5.91 Å². The van der Waals surface area contributed by atoms with Crippen LogP contribution in [0.3, 0.4) is 0 Å². The summed E-state index contributed by atoms with van der Waals surface area (Å²) in [6.45, 7) is 7.59. The molecular formula is C23H30N2O3. The van der Waals surface area contributed by atoms with E-state index < -0.39 is 0 Å². The number of furan rings is 1. The molecule has 5 heteroatoms. The Kier molecular flexibility index (Phi) is 6.55. The lowest BCUT2D eigenvalue weighted by Gasteiger charge is -2.32. The molecule has 1 aromatic heterocycles. The van der Waals surface area contributed by atoms with E-state index in [0.717, 1.165) is 12.0 Å². The highest BCUT2D eigenvalue weighted by molar-refractivity contribution is 5.94. The largest absolute Gasteiger partial charge is 0.472 e. The number of nitrogens with zero attached hydrogens (tertiary/aromatic N) is 1. The molecule has 0 aliphatic carbocycles. The van der Waals surface area contributed by atoms with Crippen LogP contribution in [-0.2, 0) is 11.2 Å². The van der Waals surface area contributed by atoms with Gasteiger partial charge < -0.3 is 14.6 Å². The smallest absolute Gasteiger partial charge is 0.257 e. The third-order valence-corrected chi connectivity index (χ3v) is 5.63. The lowest BCUT2D eigenvalue weighted by molar-refractivity contribution is -0.127. The lowest BCUT2D eigenvalue weighted by Crippen LogP contribution is -2.44. The van der Waals surface area contributed by atoms with E-state index >= 15 is 0 Å². The Morgan fingerprint density at radius 1 is 1.14 bits per heavy atom. The predicted molar refractivity (Wildman–Crippen MR) is 109 cm³/mol. The molecule has 1 aliphatic heterocycles. The molecule has 150 valence electrons. The van der Waals surface area contributed by atoms with Gasteiger partial charge in [-0.2, -0.15) is 0 Å². The first-order valence-corrected chi connectivity index (χ1v) is 10.2. The number of carbonyl (C=O) groups is 2. The van der Waals surface area contributed by atoms with Crippen LogP contribution in [0, 0.1) is 11.8 Å². The number of carbonyl (C=O) groups excluding carboxylic acids is 2. The highest BCUT2D eigenvalue weighted by Crippen LogP contribution is 2.25. The summed E-state index contributed by atoms with van der Waals surface area (Å²) in [5, 5.41) is 3.25. The van der Waals surface area contributed by atoms with Crippen molar-refractivity contribution in [2.75, 3.05) is 13.1 Å². The van der Waals surface area contributed by atoms with Gasteiger partial charge in [0, 0.05) is 19.0 Å². The molecule has 0 saturated carbocycles. The van der Waals surface area contributed by atoms with Crippen LogP contribution in [0.5, 0.6) is 0 Å². The molecule has 1 aliphatic rings. The summed E-state index contributed by atoms with van der Waals surface area (Å²) in [5.41, 5.74) is 3.01. The fourth-order valence-electron chi connectivity index (χ4n) is 3.78. The lowest BCUT2D eigenvalue weighted by atomic mass is 9.91. The number of aryl methyl sites for hydroxylation is 1. The number of hydrogen-bond acceptors (Lipinski definition) is 3. The zero-order valence-corrected chi connectivity index (χ0v) is 17.0. The first kappa shape index (κ1) is 20.2. The van der Waals surface area contributed by atoms with Crippen LogP contribution in [0.25, 0.3) is 0 Å². The molecule has 1 N–H and O–H groups in total.